The van der Waals surface area contributed by atoms with E-state index in [0.29, 0.717) is 12.8 Å². The van der Waals surface area contributed by atoms with Crippen LogP contribution in [-0.2, 0) is 19.2 Å². The average Bonchev–Trinajstić information content (AvgIpc) is 3.12. The predicted octanol–water partition coefficient (Wildman–Crippen LogP) is -2.61. The number of carboxylic acid groups (broad SMARTS) is 1. The van der Waals surface area contributed by atoms with E-state index in [-0.39, 0.29) is 12.5 Å². The minimum absolute atomic E-state index is 0.218. The van der Waals surface area contributed by atoms with Gasteiger partial charge in [-0.15, -0.1) is 0 Å². The molecule has 0 aromatic carbocycles. The molecular formula is C17H30N4O7. The molecule has 0 aromatic rings. The van der Waals surface area contributed by atoms with Crippen LogP contribution < -0.4 is 16.4 Å². The maximum atomic E-state index is 12.6. The van der Waals surface area contributed by atoms with E-state index in [9.17, 15) is 34.5 Å². The Morgan fingerprint density at radius 2 is 1.75 bits per heavy atom. The number of amides is 3. The standard InChI is InChI=1S/C17H30N4O7/c1-8(2)13(20-14(24)12(18)9(3)23)15(25)19-10(7-22)16(26)21-6-4-5-11(21)17(27)28/h8-13,22-23H,4-7,18H2,1-3H3,(H,19,25)(H,20,24)(H,27,28). The van der Waals surface area contributed by atoms with E-state index in [4.69, 9.17) is 5.73 Å². The lowest BCUT2D eigenvalue weighted by Gasteiger charge is -2.29. The Bertz CT molecular complexity index is 596. The molecular weight excluding hydrogens is 372 g/mol. The topological polar surface area (TPSA) is 182 Å². The molecule has 1 aliphatic rings. The van der Waals surface area contributed by atoms with Crippen molar-refractivity contribution in [3.05, 3.63) is 0 Å². The summed E-state index contributed by atoms with van der Waals surface area (Å²) in [5, 5.41) is 32.9. The van der Waals surface area contributed by atoms with Crippen molar-refractivity contribution >= 4 is 23.7 Å². The van der Waals surface area contributed by atoms with E-state index in [1.54, 1.807) is 13.8 Å². The molecule has 11 nitrogen and oxygen atoms in total. The van der Waals surface area contributed by atoms with Gasteiger partial charge in [-0.3, -0.25) is 14.4 Å². The Hall–Kier alpha value is -2.24. The van der Waals surface area contributed by atoms with Gasteiger partial charge in [0.25, 0.3) is 0 Å². The number of aliphatic carboxylic acids is 1. The van der Waals surface area contributed by atoms with Gasteiger partial charge in [-0.1, -0.05) is 13.8 Å². The molecule has 0 saturated carbocycles. The van der Waals surface area contributed by atoms with Crippen LogP contribution in [0.4, 0.5) is 0 Å². The SMILES string of the molecule is CC(C)C(NC(=O)C(N)C(C)O)C(=O)NC(CO)C(=O)N1CCCC1C(=O)O. The summed E-state index contributed by atoms with van der Waals surface area (Å²) in [5.41, 5.74) is 5.56. The Morgan fingerprint density at radius 3 is 2.21 bits per heavy atom. The van der Waals surface area contributed by atoms with Gasteiger partial charge in [0.05, 0.1) is 12.7 Å². The van der Waals surface area contributed by atoms with Crippen molar-refractivity contribution in [2.24, 2.45) is 11.7 Å². The quantitative estimate of drug-likeness (QED) is 0.242. The molecule has 1 fully saturated rings. The highest BCUT2D eigenvalue weighted by molar-refractivity contribution is 5.94. The second-order valence-electron chi connectivity index (χ2n) is 7.27. The summed E-state index contributed by atoms with van der Waals surface area (Å²) in [6.45, 7) is 4.16. The molecule has 5 atom stereocenters. The van der Waals surface area contributed by atoms with E-state index in [1.165, 1.54) is 6.92 Å². The predicted molar refractivity (Wildman–Crippen MR) is 97.8 cm³/mol. The Balaban J connectivity index is 2.85. The van der Waals surface area contributed by atoms with Gasteiger partial charge in [0.2, 0.25) is 17.7 Å². The molecule has 0 radical (unpaired) electrons. The number of nitrogens with zero attached hydrogens (tertiary/aromatic N) is 1. The number of likely N-dealkylation sites (tertiary alicyclic amines) is 1. The number of rotatable bonds is 9. The van der Waals surface area contributed by atoms with Crippen molar-refractivity contribution in [1.29, 1.82) is 0 Å². The number of hydrogen-bond acceptors (Lipinski definition) is 7. The fraction of sp³-hybridized carbons (Fsp3) is 0.765. The van der Waals surface area contributed by atoms with E-state index in [0.717, 1.165) is 4.90 Å². The molecule has 160 valence electrons. The number of carbonyl (C=O) groups is 4. The molecule has 0 aliphatic carbocycles. The fourth-order valence-electron chi connectivity index (χ4n) is 2.94. The monoisotopic (exact) mass is 402 g/mol. The van der Waals surface area contributed by atoms with Gasteiger partial charge in [-0.05, 0) is 25.7 Å². The molecule has 0 aromatic heterocycles. The number of aliphatic hydroxyl groups excluding tert-OH is 2. The van der Waals surface area contributed by atoms with Crippen LogP contribution >= 0.6 is 0 Å². The van der Waals surface area contributed by atoms with Gasteiger partial charge < -0.3 is 36.6 Å². The number of nitrogens with two attached hydrogens (primary N) is 1. The highest BCUT2D eigenvalue weighted by Gasteiger charge is 2.38. The first-order chi connectivity index (χ1) is 13.0. The number of carbonyl (C=O) groups excluding carboxylic acids is 3. The lowest BCUT2D eigenvalue weighted by molar-refractivity contribution is -0.150. The van der Waals surface area contributed by atoms with Crippen molar-refractivity contribution in [1.82, 2.24) is 15.5 Å². The molecule has 1 saturated heterocycles. The van der Waals surface area contributed by atoms with Gasteiger partial charge in [-0.2, -0.15) is 0 Å². The lowest BCUT2D eigenvalue weighted by atomic mass is 10.0. The van der Waals surface area contributed by atoms with Crippen LogP contribution in [0.25, 0.3) is 0 Å². The minimum Gasteiger partial charge on any atom is -0.480 e. The van der Waals surface area contributed by atoms with Gasteiger partial charge in [0, 0.05) is 6.54 Å². The van der Waals surface area contributed by atoms with E-state index >= 15 is 0 Å². The van der Waals surface area contributed by atoms with E-state index < -0.39 is 60.6 Å². The zero-order valence-electron chi connectivity index (χ0n) is 16.3. The number of hydrogen-bond donors (Lipinski definition) is 6. The molecule has 1 aliphatic heterocycles. The summed E-state index contributed by atoms with van der Waals surface area (Å²) in [4.78, 5) is 49.6. The third-order valence-electron chi connectivity index (χ3n) is 4.69. The summed E-state index contributed by atoms with van der Waals surface area (Å²) >= 11 is 0. The van der Waals surface area contributed by atoms with Crippen LogP contribution in [0.5, 0.6) is 0 Å². The van der Waals surface area contributed by atoms with Gasteiger partial charge in [0.1, 0.15) is 24.2 Å². The van der Waals surface area contributed by atoms with Gasteiger partial charge in [0.15, 0.2) is 0 Å². The summed E-state index contributed by atoms with van der Waals surface area (Å²) in [7, 11) is 0. The molecule has 1 heterocycles. The average molecular weight is 402 g/mol. The number of nitrogens with one attached hydrogen (secondary N) is 2. The van der Waals surface area contributed by atoms with Crippen LogP contribution in [-0.4, -0.2) is 87.3 Å². The Morgan fingerprint density at radius 1 is 1.14 bits per heavy atom. The fourth-order valence-corrected chi connectivity index (χ4v) is 2.94. The van der Waals surface area contributed by atoms with Crippen LogP contribution in [0.15, 0.2) is 0 Å². The van der Waals surface area contributed by atoms with E-state index in [2.05, 4.69) is 10.6 Å². The third-order valence-corrected chi connectivity index (χ3v) is 4.69. The zero-order chi connectivity index (χ0) is 21.6. The van der Waals surface area contributed by atoms with Crippen molar-refractivity contribution in [3.63, 3.8) is 0 Å². The summed E-state index contributed by atoms with van der Waals surface area (Å²) in [6.07, 6.45) is -0.308. The largest absolute Gasteiger partial charge is 0.480 e. The van der Waals surface area contributed by atoms with Crippen LogP contribution in [0, 0.1) is 5.92 Å². The summed E-state index contributed by atoms with van der Waals surface area (Å²) < 4.78 is 0. The van der Waals surface area contributed by atoms with Crippen LogP contribution in [0.3, 0.4) is 0 Å². The molecule has 11 heteroatoms. The third kappa shape index (κ3) is 5.88. The lowest BCUT2D eigenvalue weighted by Crippen LogP contribution is -2.60. The summed E-state index contributed by atoms with van der Waals surface area (Å²) in [5.74, 6) is -3.68. The van der Waals surface area contributed by atoms with Gasteiger partial charge in [-0.25, -0.2) is 4.79 Å². The normalized spacial score (nSPS) is 21.0. The number of carboxylic acids is 1. The molecule has 7 N–H and O–H groups in total. The van der Waals surface area contributed by atoms with Crippen molar-refractivity contribution in [3.8, 4) is 0 Å². The maximum absolute atomic E-state index is 12.6. The number of aliphatic hydroxyl groups is 2. The Kier molecular flexibility index (Phi) is 8.79. The summed E-state index contributed by atoms with van der Waals surface area (Å²) in [6, 6.07) is -4.63. The van der Waals surface area contributed by atoms with Crippen LogP contribution in [0.2, 0.25) is 0 Å². The highest BCUT2D eigenvalue weighted by atomic mass is 16.4. The zero-order valence-corrected chi connectivity index (χ0v) is 16.3. The Labute approximate surface area is 163 Å². The highest BCUT2D eigenvalue weighted by Crippen LogP contribution is 2.18. The first-order valence-electron chi connectivity index (χ1n) is 9.19. The second-order valence-corrected chi connectivity index (χ2v) is 7.27. The molecule has 1 rings (SSSR count). The van der Waals surface area contributed by atoms with E-state index in [1.807, 2.05) is 0 Å². The molecule has 3 amide bonds. The van der Waals surface area contributed by atoms with Crippen molar-refractivity contribution in [2.75, 3.05) is 13.2 Å². The maximum Gasteiger partial charge on any atom is 0.326 e. The van der Waals surface area contributed by atoms with Gasteiger partial charge >= 0.3 is 5.97 Å². The van der Waals surface area contributed by atoms with Crippen molar-refractivity contribution in [2.45, 2.75) is 63.9 Å². The molecule has 28 heavy (non-hydrogen) atoms. The molecule has 0 spiro atoms. The van der Waals surface area contributed by atoms with Crippen LogP contribution in [0.1, 0.15) is 33.6 Å². The first-order valence-corrected chi connectivity index (χ1v) is 9.19. The molecule has 5 unspecified atom stereocenters. The minimum atomic E-state index is -1.34. The van der Waals surface area contributed by atoms with Crippen molar-refractivity contribution < 1.29 is 34.5 Å². The molecule has 0 bridgehead atoms. The second kappa shape index (κ2) is 10.3. The first kappa shape index (κ1) is 23.8. The smallest absolute Gasteiger partial charge is 0.326 e.